The zero-order valence-corrected chi connectivity index (χ0v) is 16.9. The van der Waals surface area contributed by atoms with Crippen molar-refractivity contribution in [1.29, 1.82) is 0 Å². The van der Waals surface area contributed by atoms with Gasteiger partial charge in [0.1, 0.15) is 0 Å². The minimum atomic E-state index is -4.58. The Morgan fingerprint density at radius 3 is 2.39 bits per heavy atom. The number of nitrogens with zero attached hydrogens (tertiary/aromatic N) is 3. The molecule has 0 aliphatic rings. The van der Waals surface area contributed by atoms with E-state index in [0.29, 0.717) is 22.8 Å². The minimum Gasteiger partial charge on any atom is -0.281 e. The van der Waals surface area contributed by atoms with E-state index in [-0.39, 0.29) is 11.1 Å². The standard InChI is InChI=1S/C24H18F3N3O/c1-3-19-14-17-9-7-8-16(12-13-18-15-28-29(2)22(18)24(25,26)27)21(17)23(31)30(19)20-10-5-4-6-11-20/h4-11,14-15H,3H2,1-2H3. The van der Waals surface area contributed by atoms with E-state index in [1.807, 2.05) is 49.4 Å². The van der Waals surface area contributed by atoms with Crippen molar-refractivity contribution in [3.05, 3.63) is 93.7 Å². The second kappa shape index (κ2) is 7.80. The maximum Gasteiger partial charge on any atom is 0.434 e. The van der Waals surface area contributed by atoms with Crippen molar-refractivity contribution in [2.24, 2.45) is 7.05 Å². The molecular formula is C24H18F3N3O. The van der Waals surface area contributed by atoms with Gasteiger partial charge in [0, 0.05) is 24.0 Å². The van der Waals surface area contributed by atoms with Gasteiger partial charge in [-0.25, -0.2) is 0 Å². The van der Waals surface area contributed by atoms with Crippen LogP contribution in [0.15, 0.2) is 65.6 Å². The van der Waals surface area contributed by atoms with E-state index in [1.54, 1.807) is 16.7 Å². The summed E-state index contributed by atoms with van der Waals surface area (Å²) in [5.74, 6) is 5.33. The highest BCUT2D eigenvalue weighted by atomic mass is 19.4. The van der Waals surface area contributed by atoms with Gasteiger partial charge >= 0.3 is 6.18 Å². The first-order valence-electron chi connectivity index (χ1n) is 9.65. The summed E-state index contributed by atoms with van der Waals surface area (Å²) in [6.07, 6.45) is -2.86. The number of hydrogen-bond acceptors (Lipinski definition) is 2. The predicted molar refractivity (Wildman–Crippen MR) is 113 cm³/mol. The number of pyridine rings is 1. The summed E-state index contributed by atoms with van der Waals surface area (Å²) in [5, 5.41) is 4.75. The van der Waals surface area contributed by atoms with Gasteiger partial charge in [-0.1, -0.05) is 49.1 Å². The molecule has 2 aromatic heterocycles. The van der Waals surface area contributed by atoms with E-state index < -0.39 is 11.9 Å². The third-order valence-electron chi connectivity index (χ3n) is 5.04. The Bertz CT molecular complexity index is 1390. The van der Waals surface area contributed by atoms with Crippen LogP contribution in [0.3, 0.4) is 0 Å². The lowest BCUT2D eigenvalue weighted by molar-refractivity contribution is -0.143. The summed E-state index contributed by atoms with van der Waals surface area (Å²) in [6.45, 7) is 1.96. The summed E-state index contributed by atoms with van der Waals surface area (Å²) in [7, 11) is 1.22. The average molecular weight is 421 g/mol. The van der Waals surface area contributed by atoms with Crippen molar-refractivity contribution < 1.29 is 13.2 Å². The van der Waals surface area contributed by atoms with Crippen molar-refractivity contribution in [2.45, 2.75) is 19.5 Å². The molecule has 0 atom stereocenters. The van der Waals surface area contributed by atoms with Crippen molar-refractivity contribution in [1.82, 2.24) is 14.3 Å². The topological polar surface area (TPSA) is 39.8 Å². The summed E-state index contributed by atoms with van der Waals surface area (Å²) >= 11 is 0. The van der Waals surface area contributed by atoms with Crippen LogP contribution in [0.25, 0.3) is 16.5 Å². The van der Waals surface area contributed by atoms with Gasteiger partial charge in [0.15, 0.2) is 5.69 Å². The number of rotatable bonds is 2. The lowest BCUT2D eigenvalue weighted by Crippen LogP contribution is -2.22. The van der Waals surface area contributed by atoms with E-state index in [2.05, 4.69) is 16.9 Å². The average Bonchev–Trinajstić information content (AvgIpc) is 3.13. The molecule has 0 spiro atoms. The molecule has 0 N–H and O–H groups in total. The molecular weight excluding hydrogens is 403 g/mol. The largest absolute Gasteiger partial charge is 0.434 e. The summed E-state index contributed by atoms with van der Waals surface area (Å²) in [5.41, 5.74) is 0.510. The third-order valence-corrected chi connectivity index (χ3v) is 5.04. The zero-order chi connectivity index (χ0) is 22.2. The number of fused-ring (bicyclic) bond motifs is 1. The van der Waals surface area contributed by atoms with E-state index >= 15 is 0 Å². The molecule has 0 radical (unpaired) electrons. The highest BCUT2D eigenvalue weighted by Crippen LogP contribution is 2.31. The smallest absolute Gasteiger partial charge is 0.281 e. The zero-order valence-electron chi connectivity index (χ0n) is 16.9. The van der Waals surface area contributed by atoms with Crippen LogP contribution < -0.4 is 5.56 Å². The number of hydrogen-bond donors (Lipinski definition) is 0. The molecule has 2 aromatic carbocycles. The van der Waals surface area contributed by atoms with Crippen LogP contribution in [0.2, 0.25) is 0 Å². The van der Waals surface area contributed by atoms with Gasteiger partial charge in [0.2, 0.25) is 0 Å². The number of aromatic nitrogens is 3. The normalized spacial score (nSPS) is 11.4. The number of halogens is 3. The first kappa shape index (κ1) is 20.5. The molecule has 0 aliphatic heterocycles. The Morgan fingerprint density at radius 1 is 1.00 bits per heavy atom. The Kier molecular flexibility index (Phi) is 5.15. The van der Waals surface area contributed by atoms with Crippen molar-refractivity contribution >= 4 is 10.8 Å². The van der Waals surface area contributed by atoms with Crippen LogP contribution >= 0.6 is 0 Å². The molecule has 0 amide bonds. The van der Waals surface area contributed by atoms with E-state index in [0.717, 1.165) is 22.3 Å². The monoisotopic (exact) mass is 421 g/mol. The fraction of sp³-hybridized carbons (Fsp3) is 0.167. The Morgan fingerprint density at radius 2 is 1.71 bits per heavy atom. The number of aryl methyl sites for hydroxylation is 2. The molecule has 0 fully saturated rings. The minimum absolute atomic E-state index is 0.236. The van der Waals surface area contributed by atoms with Gasteiger partial charge in [-0.05, 0) is 36.1 Å². The fourth-order valence-corrected chi connectivity index (χ4v) is 3.64. The van der Waals surface area contributed by atoms with Crippen molar-refractivity contribution in [2.75, 3.05) is 0 Å². The molecule has 0 saturated carbocycles. The molecule has 4 aromatic rings. The first-order chi connectivity index (χ1) is 14.8. The van der Waals surface area contributed by atoms with Gasteiger partial charge in [-0.3, -0.25) is 14.0 Å². The molecule has 31 heavy (non-hydrogen) atoms. The summed E-state index contributed by atoms with van der Waals surface area (Å²) in [6, 6.07) is 16.3. The summed E-state index contributed by atoms with van der Waals surface area (Å²) < 4.78 is 42.4. The molecule has 0 aliphatic carbocycles. The van der Waals surface area contributed by atoms with E-state index in [1.165, 1.54) is 7.05 Å². The quantitative estimate of drug-likeness (QED) is 0.440. The number of benzene rings is 2. The Hall–Kier alpha value is -3.79. The van der Waals surface area contributed by atoms with Gasteiger partial charge in [-0.15, -0.1) is 0 Å². The molecule has 0 bridgehead atoms. The molecule has 0 saturated heterocycles. The van der Waals surface area contributed by atoms with Crippen LogP contribution in [0.4, 0.5) is 13.2 Å². The van der Waals surface area contributed by atoms with E-state index in [9.17, 15) is 18.0 Å². The molecule has 7 heteroatoms. The SMILES string of the molecule is CCc1cc2cccc(C#Cc3cnn(C)c3C(F)(F)F)c2c(=O)n1-c1ccccc1. The third kappa shape index (κ3) is 3.73. The summed E-state index contributed by atoms with van der Waals surface area (Å²) in [4.78, 5) is 13.5. The van der Waals surface area contributed by atoms with Crippen LogP contribution in [0.5, 0.6) is 0 Å². The van der Waals surface area contributed by atoms with Gasteiger partial charge < -0.3 is 0 Å². The molecule has 4 nitrogen and oxygen atoms in total. The molecule has 156 valence electrons. The first-order valence-corrected chi connectivity index (χ1v) is 9.65. The number of alkyl halides is 3. The van der Waals surface area contributed by atoms with Crippen LogP contribution in [0.1, 0.15) is 29.4 Å². The Balaban J connectivity index is 1.95. The van der Waals surface area contributed by atoms with Gasteiger partial charge in [0.25, 0.3) is 5.56 Å². The lowest BCUT2D eigenvalue weighted by atomic mass is 10.0. The molecule has 2 heterocycles. The highest BCUT2D eigenvalue weighted by Gasteiger charge is 2.37. The highest BCUT2D eigenvalue weighted by molar-refractivity contribution is 5.88. The lowest BCUT2D eigenvalue weighted by Gasteiger charge is -2.14. The second-order valence-electron chi connectivity index (χ2n) is 7.01. The van der Waals surface area contributed by atoms with Crippen molar-refractivity contribution in [3.63, 3.8) is 0 Å². The van der Waals surface area contributed by atoms with Crippen molar-refractivity contribution in [3.8, 4) is 17.5 Å². The van der Waals surface area contributed by atoms with Gasteiger partial charge in [0.05, 0.1) is 17.1 Å². The number of para-hydroxylation sites is 1. The van der Waals surface area contributed by atoms with E-state index in [4.69, 9.17) is 0 Å². The predicted octanol–water partition coefficient (Wildman–Crippen LogP) is 4.71. The van der Waals surface area contributed by atoms with Crippen LogP contribution in [-0.2, 0) is 19.6 Å². The van der Waals surface area contributed by atoms with Crippen LogP contribution in [0, 0.1) is 11.8 Å². The fourth-order valence-electron chi connectivity index (χ4n) is 3.64. The Labute approximate surface area is 176 Å². The molecule has 0 unspecified atom stereocenters. The van der Waals surface area contributed by atoms with Crippen LogP contribution in [-0.4, -0.2) is 14.3 Å². The molecule has 4 rings (SSSR count). The van der Waals surface area contributed by atoms with Gasteiger partial charge in [-0.2, -0.15) is 18.3 Å². The second-order valence-corrected chi connectivity index (χ2v) is 7.01. The maximum absolute atomic E-state index is 13.5. The maximum atomic E-state index is 13.5.